The normalized spacial score (nSPS) is 11.2. The number of amides is 1. The number of carbonyl (C=O) groups excluding carboxylic acids is 1. The molecule has 4 aromatic rings. The number of carbonyl (C=O) groups is 1. The zero-order valence-corrected chi connectivity index (χ0v) is 18.6. The van der Waals surface area contributed by atoms with Crippen molar-refractivity contribution in [1.29, 1.82) is 0 Å². The molecular formula is C24H20N2O4S2. The highest BCUT2D eigenvalue weighted by atomic mass is 32.2. The Morgan fingerprint density at radius 1 is 0.969 bits per heavy atom. The monoisotopic (exact) mass is 464 g/mol. The summed E-state index contributed by atoms with van der Waals surface area (Å²) in [6, 6.07) is 21.0. The number of thioether (sulfide) groups is 1. The molecule has 6 nitrogen and oxygen atoms in total. The van der Waals surface area contributed by atoms with E-state index in [0.717, 1.165) is 16.2 Å². The van der Waals surface area contributed by atoms with E-state index in [-0.39, 0.29) is 16.4 Å². The molecule has 0 unspecified atom stereocenters. The molecule has 0 bridgehead atoms. The third-order valence-electron chi connectivity index (χ3n) is 4.64. The van der Waals surface area contributed by atoms with Crippen LogP contribution in [0.5, 0.6) is 0 Å². The van der Waals surface area contributed by atoms with Gasteiger partial charge < -0.3 is 9.73 Å². The number of hydrogen-bond donors (Lipinski definition) is 1. The van der Waals surface area contributed by atoms with E-state index in [9.17, 15) is 13.2 Å². The molecule has 0 saturated carbocycles. The minimum Gasteiger partial charge on any atom is -0.459 e. The van der Waals surface area contributed by atoms with Crippen LogP contribution in [0, 0.1) is 0 Å². The lowest BCUT2D eigenvalue weighted by Crippen LogP contribution is -2.14. The Morgan fingerprint density at radius 2 is 1.75 bits per heavy atom. The van der Waals surface area contributed by atoms with Crippen LogP contribution in [0.1, 0.15) is 21.7 Å². The highest BCUT2D eigenvalue weighted by Gasteiger charge is 2.22. The van der Waals surface area contributed by atoms with Gasteiger partial charge in [-0.3, -0.25) is 9.78 Å². The zero-order chi connectivity index (χ0) is 22.4. The van der Waals surface area contributed by atoms with Crippen molar-refractivity contribution in [2.45, 2.75) is 21.3 Å². The van der Waals surface area contributed by atoms with Gasteiger partial charge >= 0.3 is 0 Å². The van der Waals surface area contributed by atoms with Gasteiger partial charge in [0, 0.05) is 34.3 Å². The molecule has 0 aliphatic heterocycles. The molecule has 2 heterocycles. The summed E-state index contributed by atoms with van der Waals surface area (Å²) in [5.74, 6) is -0.0330. The standard InChI is InChI=1S/C24H20N2O4S2/c27-24(23-19(12-14-30-23)17-32(28,29)22-6-2-1-3-7-22)26-20-8-10-21(11-9-20)31-16-18-5-4-13-25-15-18/h1-15H,16-17H2,(H,26,27). The SMILES string of the molecule is O=C(Nc1ccc(SCc2cccnc2)cc1)c1occc1CS(=O)(=O)c1ccccc1. The Hall–Kier alpha value is -3.36. The Kier molecular flexibility index (Phi) is 6.72. The summed E-state index contributed by atoms with van der Waals surface area (Å²) < 4.78 is 30.6. The van der Waals surface area contributed by atoms with Gasteiger partial charge in [0.25, 0.3) is 5.91 Å². The minimum atomic E-state index is -3.59. The van der Waals surface area contributed by atoms with Gasteiger partial charge in [-0.2, -0.15) is 0 Å². The van der Waals surface area contributed by atoms with Gasteiger partial charge in [0.15, 0.2) is 15.6 Å². The number of hydrogen-bond acceptors (Lipinski definition) is 6. The van der Waals surface area contributed by atoms with Gasteiger partial charge in [-0.25, -0.2) is 8.42 Å². The van der Waals surface area contributed by atoms with Crippen LogP contribution >= 0.6 is 11.8 Å². The fourth-order valence-corrected chi connectivity index (χ4v) is 5.24. The van der Waals surface area contributed by atoms with Crippen molar-refractivity contribution < 1.29 is 17.6 Å². The fraction of sp³-hybridized carbons (Fsp3) is 0.0833. The molecule has 2 aromatic carbocycles. The second-order valence-corrected chi connectivity index (χ2v) is 10.0. The fourth-order valence-electron chi connectivity index (χ4n) is 3.04. The molecule has 2 aromatic heterocycles. The summed E-state index contributed by atoms with van der Waals surface area (Å²) in [6.07, 6.45) is 4.90. The van der Waals surface area contributed by atoms with E-state index in [1.54, 1.807) is 48.3 Å². The lowest BCUT2D eigenvalue weighted by Gasteiger charge is -2.08. The van der Waals surface area contributed by atoms with Gasteiger partial charge in [0.05, 0.1) is 16.9 Å². The number of nitrogens with one attached hydrogen (secondary N) is 1. The Balaban J connectivity index is 1.40. The third kappa shape index (κ3) is 5.46. The first-order valence-corrected chi connectivity index (χ1v) is 12.4. The molecule has 1 N–H and O–H groups in total. The zero-order valence-electron chi connectivity index (χ0n) is 17.0. The molecule has 1 amide bonds. The summed E-state index contributed by atoms with van der Waals surface area (Å²) in [4.78, 5) is 18.1. The van der Waals surface area contributed by atoms with Crippen molar-refractivity contribution >= 4 is 33.2 Å². The second-order valence-electron chi connectivity index (χ2n) is 6.98. The predicted molar refractivity (Wildman–Crippen MR) is 124 cm³/mol. The van der Waals surface area contributed by atoms with E-state index in [1.807, 2.05) is 30.5 Å². The average Bonchev–Trinajstić information content (AvgIpc) is 3.27. The first kappa shape index (κ1) is 21.9. The maximum absolute atomic E-state index is 12.7. The number of pyridine rings is 1. The van der Waals surface area contributed by atoms with Gasteiger partial charge in [0.1, 0.15) is 0 Å². The van der Waals surface area contributed by atoms with Crippen LogP contribution in [0.2, 0.25) is 0 Å². The Labute approximate surface area is 190 Å². The summed E-state index contributed by atoms with van der Waals surface area (Å²) in [5.41, 5.74) is 2.04. The number of rotatable bonds is 8. The van der Waals surface area contributed by atoms with Crippen molar-refractivity contribution in [2.24, 2.45) is 0 Å². The van der Waals surface area contributed by atoms with Crippen molar-refractivity contribution in [3.63, 3.8) is 0 Å². The van der Waals surface area contributed by atoms with Crippen LogP contribution in [-0.4, -0.2) is 19.3 Å². The van der Waals surface area contributed by atoms with Crippen LogP contribution < -0.4 is 5.32 Å². The molecule has 0 saturated heterocycles. The quantitative estimate of drug-likeness (QED) is 0.361. The van der Waals surface area contributed by atoms with Gasteiger partial charge in [0.2, 0.25) is 0 Å². The van der Waals surface area contributed by atoms with E-state index in [0.29, 0.717) is 11.3 Å². The Morgan fingerprint density at radius 3 is 2.47 bits per heavy atom. The van der Waals surface area contributed by atoms with Crippen LogP contribution in [-0.2, 0) is 21.3 Å². The van der Waals surface area contributed by atoms with E-state index in [2.05, 4.69) is 10.3 Å². The van der Waals surface area contributed by atoms with Gasteiger partial charge in [-0.1, -0.05) is 24.3 Å². The molecule has 0 aliphatic carbocycles. The molecule has 32 heavy (non-hydrogen) atoms. The third-order valence-corrected chi connectivity index (χ3v) is 7.41. The van der Waals surface area contributed by atoms with Crippen LogP contribution in [0.15, 0.2) is 106 Å². The maximum Gasteiger partial charge on any atom is 0.291 e. The van der Waals surface area contributed by atoms with E-state index >= 15 is 0 Å². The van der Waals surface area contributed by atoms with E-state index < -0.39 is 15.7 Å². The molecule has 0 spiro atoms. The van der Waals surface area contributed by atoms with Crippen LogP contribution in [0.4, 0.5) is 5.69 Å². The molecule has 0 aliphatic rings. The maximum atomic E-state index is 12.7. The summed E-state index contributed by atoms with van der Waals surface area (Å²) in [6.45, 7) is 0. The number of benzene rings is 2. The van der Waals surface area contributed by atoms with Crippen LogP contribution in [0.3, 0.4) is 0 Å². The summed E-state index contributed by atoms with van der Waals surface area (Å²) in [7, 11) is -3.59. The van der Waals surface area contributed by atoms with E-state index in [1.165, 1.54) is 24.5 Å². The van der Waals surface area contributed by atoms with Crippen molar-refractivity contribution in [1.82, 2.24) is 4.98 Å². The molecule has 0 radical (unpaired) electrons. The van der Waals surface area contributed by atoms with Gasteiger partial charge in [-0.15, -0.1) is 11.8 Å². The Bertz CT molecular complexity index is 1290. The number of nitrogens with zero attached hydrogens (tertiary/aromatic N) is 1. The molecule has 0 atom stereocenters. The highest BCUT2D eigenvalue weighted by Crippen LogP contribution is 2.25. The minimum absolute atomic E-state index is 0.0143. The largest absolute Gasteiger partial charge is 0.459 e. The molecular weight excluding hydrogens is 444 g/mol. The second kappa shape index (κ2) is 9.84. The van der Waals surface area contributed by atoms with Gasteiger partial charge in [-0.05, 0) is 54.1 Å². The number of aromatic nitrogens is 1. The van der Waals surface area contributed by atoms with E-state index in [4.69, 9.17) is 4.42 Å². The molecule has 0 fully saturated rings. The first-order chi connectivity index (χ1) is 15.5. The number of anilines is 1. The molecule has 4 rings (SSSR count). The molecule has 162 valence electrons. The summed E-state index contributed by atoms with van der Waals surface area (Å²) >= 11 is 1.67. The van der Waals surface area contributed by atoms with Crippen LogP contribution in [0.25, 0.3) is 0 Å². The van der Waals surface area contributed by atoms with Crippen molar-refractivity contribution in [3.05, 3.63) is 108 Å². The summed E-state index contributed by atoms with van der Waals surface area (Å²) in [5, 5.41) is 2.76. The first-order valence-electron chi connectivity index (χ1n) is 9.78. The number of furan rings is 1. The molecule has 8 heteroatoms. The smallest absolute Gasteiger partial charge is 0.291 e. The van der Waals surface area contributed by atoms with Crippen molar-refractivity contribution in [3.8, 4) is 0 Å². The topological polar surface area (TPSA) is 89.3 Å². The highest BCUT2D eigenvalue weighted by molar-refractivity contribution is 7.98. The lowest BCUT2D eigenvalue weighted by molar-refractivity contribution is 0.0996. The number of sulfone groups is 1. The average molecular weight is 465 g/mol. The van der Waals surface area contributed by atoms with Crippen molar-refractivity contribution in [2.75, 3.05) is 5.32 Å². The predicted octanol–water partition coefficient (Wildman–Crippen LogP) is 5.19. The lowest BCUT2D eigenvalue weighted by atomic mass is 10.2.